The van der Waals surface area contributed by atoms with Gasteiger partial charge in [-0.3, -0.25) is 9.98 Å². The number of benzene rings is 1. The molecule has 1 aromatic heterocycles. The fourth-order valence-electron chi connectivity index (χ4n) is 4.57. The highest BCUT2D eigenvalue weighted by atomic mass is 32.2. The number of aliphatic imine (C=N–C) groups is 1. The topological polar surface area (TPSA) is 31.7 Å². The minimum Gasteiger partial charge on any atom is -0.372 e. The molecule has 4 heterocycles. The fraction of sp³-hybridized carbons (Fsp3) is 0.455. The molecule has 27 heavy (non-hydrogen) atoms. The van der Waals surface area contributed by atoms with Crippen molar-refractivity contribution in [1.82, 2.24) is 9.88 Å². The van der Waals surface area contributed by atoms with E-state index in [9.17, 15) is 0 Å². The molecule has 0 saturated carbocycles. The zero-order chi connectivity index (χ0) is 18.2. The Balaban J connectivity index is 1.50. The highest BCUT2D eigenvalue weighted by Crippen LogP contribution is 2.48. The highest BCUT2D eigenvalue weighted by Gasteiger charge is 2.45. The summed E-state index contributed by atoms with van der Waals surface area (Å²) < 4.78 is 0. The molecule has 2 aromatic rings. The Morgan fingerprint density at radius 1 is 1.07 bits per heavy atom. The van der Waals surface area contributed by atoms with E-state index in [4.69, 9.17) is 4.99 Å². The van der Waals surface area contributed by atoms with Gasteiger partial charge < -0.3 is 9.80 Å². The van der Waals surface area contributed by atoms with E-state index in [1.165, 1.54) is 42.3 Å². The van der Waals surface area contributed by atoms with Crippen LogP contribution in [0, 0.1) is 0 Å². The Labute approximate surface area is 165 Å². The van der Waals surface area contributed by atoms with Crippen molar-refractivity contribution in [2.45, 2.75) is 44.3 Å². The summed E-state index contributed by atoms with van der Waals surface area (Å²) in [5.41, 5.74) is 3.78. The van der Waals surface area contributed by atoms with E-state index in [0.717, 1.165) is 17.9 Å². The van der Waals surface area contributed by atoms with Gasteiger partial charge in [0.2, 0.25) is 0 Å². The molecule has 3 unspecified atom stereocenters. The van der Waals surface area contributed by atoms with Gasteiger partial charge in [-0.05, 0) is 49.1 Å². The van der Waals surface area contributed by atoms with Crippen LogP contribution in [0.25, 0.3) is 0 Å². The van der Waals surface area contributed by atoms with E-state index < -0.39 is 0 Å². The van der Waals surface area contributed by atoms with Crippen LogP contribution in [0.1, 0.15) is 49.5 Å². The van der Waals surface area contributed by atoms with Crippen LogP contribution in [0.15, 0.2) is 53.7 Å². The number of pyridine rings is 1. The van der Waals surface area contributed by atoms with Gasteiger partial charge in [0, 0.05) is 36.8 Å². The molecule has 2 fully saturated rings. The third-order valence-electron chi connectivity index (χ3n) is 6.04. The minimum atomic E-state index is 0.0840. The highest BCUT2D eigenvalue weighted by molar-refractivity contribution is 8.14. The summed E-state index contributed by atoms with van der Waals surface area (Å²) in [5, 5.41) is 1.20. The Bertz CT molecular complexity index is 814. The van der Waals surface area contributed by atoms with Gasteiger partial charge in [-0.2, -0.15) is 0 Å². The van der Waals surface area contributed by atoms with E-state index in [2.05, 4.69) is 58.1 Å². The summed E-state index contributed by atoms with van der Waals surface area (Å²) in [6, 6.07) is 16.3. The number of hydrogen-bond acceptors (Lipinski definition) is 5. The molecule has 0 aliphatic carbocycles. The van der Waals surface area contributed by atoms with Crippen LogP contribution in [0.2, 0.25) is 0 Å². The third kappa shape index (κ3) is 3.02. The number of aromatic nitrogens is 1. The number of anilines is 1. The number of thioether (sulfide) groups is 1. The number of nitrogens with zero attached hydrogens (tertiary/aromatic N) is 4. The molecule has 3 aliphatic rings. The van der Waals surface area contributed by atoms with Gasteiger partial charge in [-0.15, -0.1) is 0 Å². The van der Waals surface area contributed by atoms with E-state index in [-0.39, 0.29) is 12.1 Å². The lowest BCUT2D eigenvalue weighted by Crippen LogP contribution is -2.35. The molecule has 0 amide bonds. The second-order valence-electron chi connectivity index (χ2n) is 7.62. The third-order valence-corrected chi connectivity index (χ3v) is 7.16. The SMILES string of the molecule is CCC1CSC2=NC(c3ccccn3)C(c3ccc(N4CCCC4)cc3)N21. The number of fused-ring (bicyclic) bond motifs is 1. The van der Waals surface area contributed by atoms with Crippen LogP contribution < -0.4 is 4.90 Å². The lowest BCUT2D eigenvalue weighted by molar-refractivity contribution is 0.255. The second kappa shape index (κ2) is 7.19. The Kier molecular flexibility index (Phi) is 4.56. The van der Waals surface area contributed by atoms with E-state index in [0.29, 0.717) is 6.04 Å². The smallest absolute Gasteiger partial charge is 0.160 e. The monoisotopic (exact) mass is 378 g/mol. The first-order valence-corrected chi connectivity index (χ1v) is 11.1. The average molecular weight is 379 g/mol. The first-order valence-electron chi connectivity index (χ1n) is 10.1. The largest absolute Gasteiger partial charge is 0.372 e. The summed E-state index contributed by atoms with van der Waals surface area (Å²) in [6.07, 6.45) is 5.67. The maximum atomic E-state index is 5.11. The van der Waals surface area contributed by atoms with Crippen molar-refractivity contribution >= 4 is 22.6 Å². The molecular formula is C22H26N4S. The lowest BCUT2D eigenvalue weighted by Gasteiger charge is -2.32. The van der Waals surface area contributed by atoms with E-state index in [1.807, 2.05) is 24.0 Å². The van der Waals surface area contributed by atoms with E-state index in [1.54, 1.807) is 0 Å². The van der Waals surface area contributed by atoms with Crippen molar-refractivity contribution < 1.29 is 0 Å². The molecule has 1 aromatic carbocycles. The lowest BCUT2D eigenvalue weighted by atomic mass is 9.95. The van der Waals surface area contributed by atoms with Gasteiger partial charge in [-0.1, -0.05) is 36.9 Å². The molecule has 0 N–H and O–H groups in total. The molecule has 0 radical (unpaired) electrons. The van der Waals surface area contributed by atoms with Crippen LogP contribution in [-0.2, 0) is 0 Å². The van der Waals surface area contributed by atoms with Gasteiger partial charge in [0.05, 0.1) is 11.7 Å². The Morgan fingerprint density at radius 3 is 2.59 bits per heavy atom. The summed E-state index contributed by atoms with van der Waals surface area (Å²) in [5.74, 6) is 1.15. The number of amidine groups is 1. The molecule has 5 heteroatoms. The standard InChI is InChI=1S/C22H26N4S/c1-2-17-15-27-22-24-20(19-7-3-4-12-23-19)21(26(17)22)16-8-10-18(11-9-16)25-13-5-6-14-25/h3-4,7-12,17,20-21H,2,5-6,13-15H2,1H3. The molecule has 0 spiro atoms. The van der Waals surface area contributed by atoms with Crippen molar-refractivity contribution in [3.63, 3.8) is 0 Å². The van der Waals surface area contributed by atoms with Gasteiger partial charge in [0.1, 0.15) is 6.04 Å². The Morgan fingerprint density at radius 2 is 1.89 bits per heavy atom. The number of rotatable bonds is 4. The van der Waals surface area contributed by atoms with Crippen LogP contribution in [0.4, 0.5) is 5.69 Å². The molecule has 4 nitrogen and oxygen atoms in total. The van der Waals surface area contributed by atoms with Crippen LogP contribution >= 0.6 is 11.8 Å². The van der Waals surface area contributed by atoms with Crippen molar-refractivity contribution in [2.24, 2.45) is 4.99 Å². The predicted octanol–water partition coefficient (Wildman–Crippen LogP) is 4.66. The van der Waals surface area contributed by atoms with Crippen molar-refractivity contribution in [1.29, 1.82) is 0 Å². The number of hydrogen-bond donors (Lipinski definition) is 0. The van der Waals surface area contributed by atoms with Crippen molar-refractivity contribution in [2.75, 3.05) is 23.7 Å². The van der Waals surface area contributed by atoms with Crippen LogP contribution in [0.3, 0.4) is 0 Å². The maximum Gasteiger partial charge on any atom is 0.160 e. The second-order valence-corrected chi connectivity index (χ2v) is 8.61. The van der Waals surface area contributed by atoms with Crippen LogP contribution in [-0.4, -0.2) is 39.9 Å². The molecule has 3 atom stereocenters. The summed E-state index contributed by atoms with van der Waals surface area (Å²) in [4.78, 5) is 14.8. The quantitative estimate of drug-likeness (QED) is 0.774. The predicted molar refractivity (Wildman–Crippen MR) is 113 cm³/mol. The zero-order valence-electron chi connectivity index (χ0n) is 15.8. The van der Waals surface area contributed by atoms with E-state index >= 15 is 0 Å². The van der Waals surface area contributed by atoms with Gasteiger partial charge in [-0.25, -0.2) is 0 Å². The molecular weight excluding hydrogens is 352 g/mol. The maximum absolute atomic E-state index is 5.11. The normalized spacial score (nSPS) is 27.1. The van der Waals surface area contributed by atoms with Gasteiger partial charge >= 0.3 is 0 Å². The van der Waals surface area contributed by atoms with Crippen molar-refractivity contribution in [3.8, 4) is 0 Å². The first kappa shape index (κ1) is 17.1. The van der Waals surface area contributed by atoms with Crippen molar-refractivity contribution in [3.05, 3.63) is 59.9 Å². The molecule has 5 rings (SSSR count). The summed E-state index contributed by atoms with van der Waals surface area (Å²) >= 11 is 1.91. The van der Waals surface area contributed by atoms with Gasteiger partial charge in [0.15, 0.2) is 5.17 Å². The minimum absolute atomic E-state index is 0.0840. The molecule has 0 bridgehead atoms. The summed E-state index contributed by atoms with van der Waals surface area (Å²) in [6.45, 7) is 4.66. The summed E-state index contributed by atoms with van der Waals surface area (Å²) in [7, 11) is 0. The fourth-order valence-corrected chi connectivity index (χ4v) is 5.90. The molecule has 140 valence electrons. The Hall–Kier alpha value is -2.01. The molecule has 3 aliphatic heterocycles. The first-order chi connectivity index (χ1) is 13.3. The average Bonchev–Trinajstić information content (AvgIpc) is 3.45. The zero-order valence-corrected chi connectivity index (χ0v) is 16.6. The van der Waals surface area contributed by atoms with Crippen LogP contribution in [0.5, 0.6) is 0 Å². The van der Waals surface area contributed by atoms with Gasteiger partial charge in [0.25, 0.3) is 0 Å². The molecule has 2 saturated heterocycles.